The van der Waals surface area contributed by atoms with Crippen LogP contribution in [0.25, 0.3) is 0 Å². The first kappa shape index (κ1) is 16.3. The molecule has 0 saturated heterocycles. The van der Waals surface area contributed by atoms with Crippen LogP contribution in [0.4, 0.5) is 8.78 Å². The normalized spacial score (nSPS) is 16.5. The van der Waals surface area contributed by atoms with Gasteiger partial charge >= 0.3 is 5.92 Å². The van der Waals surface area contributed by atoms with E-state index in [-0.39, 0.29) is 32.4 Å². The lowest BCUT2D eigenvalue weighted by molar-refractivity contribution is -0.223. The number of carbonyl (C=O) groups excluding carboxylic acids is 1. The number of alkyl halides is 2. The molecule has 1 saturated carbocycles. The first-order chi connectivity index (χ1) is 10.4. The molecule has 22 heavy (non-hydrogen) atoms. The maximum Gasteiger partial charge on any atom is 0.352 e. The molecular formula is C15H17F2N3O2. The molecule has 1 heterocycles. The quantitative estimate of drug-likeness (QED) is 0.870. The largest absolute Gasteiger partial charge is 0.383 e. The van der Waals surface area contributed by atoms with Crippen molar-refractivity contribution in [1.82, 2.24) is 9.88 Å². The van der Waals surface area contributed by atoms with Crippen LogP contribution in [0, 0.1) is 11.3 Å². The Hall–Kier alpha value is -2.07. The summed E-state index contributed by atoms with van der Waals surface area (Å²) < 4.78 is 28.6. The predicted octanol–water partition coefficient (Wildman–Crippen LogP) is 1.87. The van der Waals surface area contributed by atoms with Gasteiger partial charge in [-0.1, -0.05) is 6.07 Å². The van der Waals surface area contributed by atoms with Gasteiger partial charge in [0.05, 0.1) is 24.7 Å². The summed E-state index contributed by atoms with van der Waals surface area (Å²) in [5, 5.41) is 18.5. The van der Waals surface area contributed by atoms with Gasteiger partial charge in [-0.15, -0.1) is 0 Å². The second kappa shape index (κ2) is 6.36. The molecule has 0 unspecified atom stereocenters. The van der Waals surface area contributed by atoms with E-state index in [9.17, 15) is 18.7 Å². The average molecular weight is 309 g/mol. The zero-order valence-corrected chi connectivity index (χ0v) is 12.0. The minimum atomic E-state index is -3.85. The summed E-state index contributed by atoms with van der Waals surface area (Å²) in [5.41, 5.74) is -1.82. The van der Waals surface area contributed by atoms with Gasteiger partial charge in [0.25, 0.3) is 5.91 Å². The Kier molecular flexibility index (Phi) is 4.71. The van der Waals surface area contributed by atoms with E-state index < -0.39 is 17.4 Å². The van der Waals surface area contributed by atoms with Crippen molar-refractivity contribution in [2.24, 2.45) is 0 Å². The molecular weight excluding hydrogens is 292 g/mol. The maximum absolute atomic E-state index is 14.3. The Morgan fingerprint density at radius 1 is 1.50 bits per heavy atom. The minimum Gasteiger partial charge on any atom is -0.383 e. The van der Waals surface area contributed by atoms with E-state index in [0.717, 1.165) is 4.90 Å². The predicted molar refractivity (Wildman–Crippen MR) is 73.6 cm³/mol. The molecule has 2 rings (SSSR count). The number of pyridine rings is 1. The third kappa shape index (κ3) is 3.07. The van der Waals surface area contributed by atoms with Gasteiger partial charge in [-0.3, -0.25) is 9.78 Å². The molecule has 1 aliphatic rings. The molecule has 118 valence electrons. The maximum atomic E-state index is 14.3. The van der Waals surface area contributed by atoms with E-state index in [1.807, 2.05) is 6.07 Å². The molecule has 0 spiro atoms. The fourth-order valence-electron chi connectivity index (χ4n) is 2.35. The average Bonchev–Trinajstić information content (AvgIpc) is 2.49. The van der Waals surface area contributed by atoms with Crippen LogP contribution in [0.5, 0.6) is 0 Å². The lowest BCUT2D eigenvalue weighted by Gasteiger charge is -2.43. The van der Waals surface area contributed by atoms with Crippen LogP contribution < -0.4 is 0 Å². The number of aliphatic hydroxyl groups is 1. The van der Waals surface area contributed by atoms with Crippen LogP contribution in [-0.4, -0.2) is 39.0 Å². The van der Waals surface area contributed by atoms with E-state index in [2.05, 4.69) is 4.98 Å². The Morgan fingerprint density at radius 2 is 2.23 bits per heavy atom. The number of carbonyl (C=O) groups is 1. The zero-order valence-electron chi connectivity index (χ0n) is 12.0. The van der Waals surface area contributed by atoms with Crippen LogP contribution in [0.1, 0.15) is 31.4 Å². The molecule has 1 aromatic heterocycles. The summed E-state index contributed by atoms with van der Waals surface area (Å²) >= 11 is 0. The number of aromatic nitrogens is 1. The number of hydrogen-bond donors (Lipinski definition) is 1. The van der Waals surface area contributed by atoms with Gasteiger partial charge in [-0.25, -0.2) is 0 Å². The highest BCUT2D eigenvalue weighted by atomic mass is 19.3. The van der Waals surface area contributed by atoms with Gasteiger partial charge in [0.15, 0.2) is 0 Å². The number of halogens is 2. The van der Waals surface area contributed by atoms with E-state index in [0.29, 0.717) is 12.1 Å². The van der Waals surface area contributed by atoms with E-state index >= 15 is 0 Å². The standard InChI is InChI=1S/C15H17F2N3O2/c16-15(17,14(22)6-3-7-14)13(21)20(10-4-8-18)11-12-5-1-2-9-19-12/h1-2,5,9,22H,3-4,6-7,10-11H2. The van der Waals surface area contributed by atoms with Crippen molar-refractivity contribution in [2.45, 2.75) is 43.8 Å². The Labute approximate surface area is 127 Å². The molecule has 0 aliphatic heterocycles. The first-order valence-corrected chi connectivity index (χ1v) is 7.07. The van der Waals surface area contributed by atoms with Crippen molar-refractivity contribution in [3.63, 3.8) is 0 Å². The van der Waals surface area contributed by atoms with Gasteiger partial charge in [0, 0.05) is 12.7 Å². The number of hydrogen-bond acceptors (Lipinski definition) is 4. The van der Waals surface area contributed by atoms with Crippen molar-refractivity contribution in [1.29, 1.82) is 5.26 Å². The third-order valence-corrected chi connectivity index (χ3v) is 3.89. The molecule has 0 radical (unpaired) electrons. The minimum absolute atomic E-state index is 0.0624. The van der Waals surface area contributed by atoms with Crippen molar-refractivity contribution >= 4 is 5.91 Å². The summed E-state index contributed by atoms with van der Waals surface area (Å²) in [7, 11) is 0. The SMILES string of the molecule is N#CCCN(Cc1ccccn1)C(=O)C(F)(F)C1(O)CCC1. The molecule has 0 aromatic carbocycles. The number of nitrogens with zero attached hydrogens (tertiary/aromatic N) is 3. The van der Waals surface area contributed by atoms with Gasteiger partial charge < -0.3 is 10.0 Å². The second-order valence-corrected chi connectivity index (χ2v) is 5.42. The Bertz CT molecular complexity index is 568. The Balaban J connectivity index is 2.17. The molecule has 1 fully saturated rings. The zero-order chi connectivity index (χ0) is 16.2. The number of amides is 1. The van der Waals surface area contributed by atoms with E-state index in [1.54, 1.807) is 18.2 Å². The van der Waals surface area contributed by atoms with Gasteiger partial charge in [-0.2, -0.15) is 14.0 Å². The van der Waals surface area contributed by atoms with E-state index in [1.165, 1.54) is 6.20 Å². The van der Waals surface area contributed by atoms with Gasteiger partial charge in [0.1, 0.15) is 5.60 Å². The lowest BCUT2D eigenvalue weighted by atomic mass is 9.75. The molecule has 0 bridgehead atoms. The number of rotatable bonds is 6. The molecule has 5 nitrogen and oxygen atoms in total. The van der Waals surface area contributed by atoms with Crippen LogP contribution in [0.15, 0.2) is 24.4 Å². The monoisotopic (exact) mass is 309 g/mol. The highest BCUT2D eigenvalue weighted by Crippen LogP contribution is 2.45. The van der Waals surface area contributed by atoms with E-state index in [4.69, 9.17) is 5.26 Å². The van der Waals surface area contributed by atoms with Crippen molar-refractivity contribution in [3.8, 4) is 6.07 Å². The summed E-state index contributed by atoms with van der Waals surface area (Å²) in [6.45, 7) is -0.245. The first-order valence-electron chi connectivity index (χ1n) is 7.07. The molecule has 0 atom stereocenters. The van der Waals surface area contributed by atoms with Crippen molar-refractivity contribution in [3.05, 3.63) is 30.1 Å². The van der Waals surface area contributed by atoms with Gasteiger partial charge in [0.2, 0.25) is 0 Å². The van der Waals surface area contributed by atoms with Crippen LogP contribution in [-0.2, 0) is 11.3 Å². The van der Waals surface area contributed by atoms with Crippen LogP contribution in [0.3, 0.4) is 0 Å². The highest BCUT2D eigenvalue weighted by Gasteiger charge is 2.62. The topological polar surface area (TPSA) is 77.2 Å². The van der Waals surface area contributed by atoms with Crippen LogP contribution in [0.2, 0.25) is 0 Å². The molecule has 7 heteroatoms. The van der Waals surface area contributed by atoms with Crippen molar-refractivity contribution in [2.75, 3.05) is 6.54 Å². The lowest BCUT2D eigenvalue weighted by Crippen LogP contribution is -2.61. The fourth-order valence-corrected chi connectivity index (χ4v) is 2.35. The summed E-state index contributed by atoms with van der Waals surface area (Å²) in [6, 6.07) is 6.81. The van der Waals surface area contributed by atoms with Crippen molar-refractivity contribution < 1.29 is 18.7 Å². The molecule has 1 aromatic rings. The fraction of sp³-hybridized carbons (Fsp3) is 0.533. The van der Waals surface area contributed by atoms with Gasteiger partial charge in [-0.05, 0) is 31.4 Å². The smallest absolute Gasteiger partial charge is 0.352 e. The summed E-state index contributed by atoms with van der Waals surface area (Å²) in [4.78, 5) is 17.1. The third-order valence-electron chi connectivity index (χ3n) is 3.89. The molecule has 1 N–H and O–H groups in total. The summed E-state index contributed by atoms with van der Waals surface area (Å²) in [5.74, 6) is -5.30. The highest BCUT2D eigenvalue weighted by molar-refractivity contribution is 5.85. The van der Waals surface area contributed by atoms with Crippen LogP contribution >= 0.6 is 0 Å². The Morgan fingerprint density at radius 3 is 2.73 bits per heavy atom. The molecule has 1 aliphatic carbocycles. The molecule has 1 amide bonds. The second-order valence-electron chi connectivity index (χ2n) is 5.42. The summed E-state index contributed by atoms with van der Waals surface area (Å²) in [6.07, 6.45) is 1.72. The number of nitriles is 1.